The molecular formula is C24H33IN4O2. The fourth-order valence-electron chi connectivity index (χ4n) is 4.40. The van der Waals surface area contributed by atoms with Gasteiger partial charge in [0.2, 0.25) is 5.91 Å². The van der Waals surface area contributed by atoms with Crippen molar-refractivity contribution in [3.8, 4) is 0 Å². The Balaban J connectivity index is 0.00000272. The first-order chi connectivity index (χ1) is 14.8. The van der Waals surface area contributed by atoms with Gasteiger partial charge in [-0.05, 0) is 36.1 Å². The highest BCUT2D eigenvalue weighted by Crippen LogP contribution is 2.22. The number of guanidine groups is 1. The number of ether oxygens (including phenoxy) is 1. The Kier molecular flexibility index (Phi) is 8.95. The topological polar surface area (TPSA) is 57.2 Å². The molecule has 0 radical (unpaired) electrons. The molecule has 2 aliphatic heterocycles. The van der Waals surface area contributed by atoms with E-state index < -0.39 is 0 Å². The Morgan fingerprint density at radius 2 is 1.74 bits per heavy atom. The summed E-state index contributed by atoms with van der Waals surface area (Å²) in [7, 11) is 0. The summed E-state index contributed by atoms with van der Waals surface area (Å²) in [5, 5.41) is 5.95. The lowest BCUT2D eigenvalue weighted by atomic mass is 9.95. The molecule has 0 unspecified atom stereocenters. The van der Waals surface area contributed by atoms with Gasteiger partial charge < -0.3 is 19.9 Å². The molecule has 6 nitrogen and oxygen atoms in total. The number of hydrogen-bond donors (Lipinski definition) is 1. The average molecular weight is 536 g/mol. The summed E-state index contributed by atoms with van der Waals surface area (Å²) >= 11 is 0. The molecule has 0 bridgehead atoms. The fraction of sp³-hybridized carbons (Fsp3) is 0.500. The second-order valence-corrected chi connectivity index (χ2v) is 8.01. The summed E-state index contributed by atoms with van der Waals surface area (Å²) < 4.78 is 5.38. The zero-order chi connectivity index (χ0) is 20.8. The van der Waals surface area contributed by atoms with Crippen LogP contribution < -0.4 is 5.32 Å². The van der Waals surface area contributed by atoms with Crippen molar-refractivity contribution in [3.05, 3.63) is 48.0 Å². The van der Waals surface area contributed by atoms with Gasteiger partial charge in [-0.3, -0.25) is 4.79 Å². The first-order valence-corrected chi connectivity index (χ1v) is 11.1. The molecule has 0 saturated carbocycles. The first-order valence-electron chi connectivity index (χ1n) is 11.1. The van der Waals surface area contributed by atoms with Gasteiger partial charge in [0.15, 0.2) is 5.96 Å². The molecule has 2 heterocycles. The molecule has 4 rings (SSSR count). The van der Waals surface area contributed by atoms with E-state index in [1.54, 1.807) is 0 Å². The fourth-order valence-corrected chi connectivity index (χ4v) is 4.40. The molecule has 0 spiro atoms. The number of nitrogens with one attached hydrogen (secondary N) is 1. The number of likely N-dealkylation sites (tertiary alicyclic amines) is 1. The van der Waals surface area contributed by atoms with Gasteiger partial charge in [0.1, 0.15) is 0 Å². The van der Waals surface area contributed by atoms with Crippen LogP contribution in [0.5, 0.6) is 0 Å². The molecule has 2 aromatic rings. The van der Waals surface area contributed by atoms with Crippen LogP contribution in [0.15, 0.2) is 47.5 Å². The number of rotatable bonds is 4. The van der Waals surface area contributed by atoms with Crippen LogP contribution in [-0.4, -0.2) is 67.6 Å². The number of hydrogen-bond acceptors (Lipinski definition) is 3. The van der Waals surface area contributed by atoms with Crippen molar-refractivity contribution in [2.45, 2.75) is 26.3 Å². The van der Waals surface area contributed by atoms with E-state index >= 15 is 0 Å². The summed E-state index contributed by atoms with van der Waals surface area (Å²) in [6.45, 7) is 8.10. The quantitative estimate of drug-likeness (QED) is 0.370. The number of nitrogens with zero attached hydrogens (tertiary/aromatic N) is 3. The van der Waals surface area contributed by atoms with Crippen LogP contribution in [0.25, 0.3) is 10.8 Å². The summed E-state index contributed by atoms with van der Waals surface area (Å²) in [5.41, 5.74) is 1.24. The lowest BCUT2D eigenvalue weighted by Gasteiger charge is -2.36. The predicted octanol–water partition coefficient (Wildman–Crippen LogP) is 3.49. The zero-order valence-electron chi connectivity index (χ0n) is 18.3. The van der Waals surface area contributed by atoms with E-state index in [4.69, 9.17) is 9.73 Å². The molecule has 31 heavy (non-hydrogen) atoms. The van der Waals surface area contributed by atoms with Crippen molar-refractivity contribution >= 4 is 46.6 Å². The number of piperidine rings is 1. The van der Waals surface area contributed by atoms with Gasteiger partial charge in [0.05, 0.1) is 19.8 Å². The number of benzene rings is 2. The van der Waals surface area contributed by atoms with E-state index in [0.717, 1.165) is 51.5 Å². The van der Waals surface area contributed by atoms with Gasteiger partial charge in [0.25, 0.3) is 0 Å². The van der Waals surface area contributed by atoms with E-state index in [-0.39, 0.29) is 29.9 Å². The SMILES string of the molecule is CCNC(=NCc1cccc2ccccc12)N1CCC(C(=O)N2CCOCC2)CC1.I. The second-order valence-electron chi connectivity index (χ2n) is 8.01. The van der Waals surface area contributed by atoms with Gasteiger partial charge >= 0.3 is 0 Å². The van der Waals surface area contributed by atoms with Crippen molar-refractivity contribution < 1.29 is 9.53 Å². The van der Waals surface area contributed by atoms with Crippen molar-refractivity contribution in [3.63, 3.8) is 0 Å². The smallest absolute Gasteiger partial charge is 0.225 e. The molecule has 2 fully saturated rings. The molecule has 168 valence electrons. The minimum Gasteiger partial charge on any atom is -0.378 e. The molecule has 0 aromatic heterocycles. The maximum absolute atomic E-state index is 12.8. The van der Waals surface area contributed by atoms with Crippen LogP contribution >= 0.6 is 24.0 Å². The third-order valence-corrected chi connectivity index (χ3v) is 6.08. The number of morpholine rings is 1. The molecule has 0 atom stereocenters. The molecule has 0 aliphatic carbocycles. The number of fused-ring (bicyclic) bond motifs is 1. The first kappa shape index (κ1) is 23.8. The predicted molar refractivity (Wildman–Crippen MR) is 136 cm³/mol. The monoisotopic (exact) mass is 536 g/mol. The third-order valence-electron chi connectivity index (χ3n) is 6.08. The van der Waals surface area contributed by atoms with E-state index in [1.807, 2.05) is 4.90 Å². The van der Waals surface area contributed by atoms with Crippen molar-refractivity contribution in [1.29, 1.82) is 0 Å². The highest BCUT2D eigenvalue weighted by molar-refractivity contribution is 14.0. The molecule has 1 amide bonds. The van der Waals surface area contributed by atoms with Gasteiger partial charge in [-0.25, -0.2) is 4.99 Å². The van der Waals surface area contributed by atoms with Crippen LogP contribution in [0.3, 0.4) is 0 Å². The Morgan fingerprint density at radius 1 is 1.03 bits per heavy atom. The Bertz CT molecular complexity index is 885. The second kappa shape index (κ2) is 11.7. The maximum atomic E-state index is 12.8. The van der Waals surface area contributed by atoms with Crippen molar-refractivity contribution in [2.75, 3.05) is 45.9 Å². The molecular weight excluding hydrogens is 503 g/mol. The van der Waals surface area contributed by atoms with E-state index in [1.165, 1.54) is 16.3 Å². The number of amides is 1. The Labute approximate surface area is 202 Å². The standard InChI is InChI=1S/C24H32N4O2.HI/c1-2-25-24(26-18-21-8-5-7-19-6-3-4-9-22(19)21)28-12-10-20(11-13-28)23(29)27-14-16-30-17-15-27;/h3-9,20H,2,10-18H2,1H3,(H,25,26);1H. The summed E-state index contributed by atoms with van der Waals surface area (Å²) in [4.78, 5) is 22.0. The number of carbonyl (C=O) groups is 1. The molecule has 2 saturated heterocycles. The van der Waals surface area contributed by atoms with Crippen molar-refractivity contribution in [2.24, 2.45) is 10.9 Å². The van der Waals surface area contributed by atoms with Crippen LogP contribution in [-0.2, 0) is 16.1 Å². The Morgan fingerprint density at radius 3 is 2.48 bits per heavy atom. The highest BCUT2D eigenvalue weighted by Gasteiger charge is 2.30. The van der Waals surface area contributed by atoms with E-state index in [2.05, 4.69) is 59.6 Å². The van der Waals surface area contributed by atoms with Gasteiger partial charge in [0, 0.05) is 38.6 Å². The Hall–Kier alpha value is -1.87. The molecule has 7 heteroatoms. The third kappa shape index (κ3) is 5.88. The average Bonchev–Trinajstić information content (AvgIpc) is 2.82. The highest BCUT2D eigenvalue weighted by atomic mass is 127. The summed E-state index contributed by atoms with van der Waals surface area (Å²) in [6.07, 6.45) is 1.77. The van der Waals surface area contributed by atoms with Crippen LogP contribution in [0.2, 0.25) is 0 Å². The minimum absolute atomic E-state index is 0. The van der Waals surface area contributed by atoms with Gasteiger partial charge in [-0.1, -0.05) is 42.5 Å². The van der Waals surface area contributed by atoms with Crippen LogP contribution in [0.4, 0.5) is 0 Å². The largest absolute Gasteiger partial charge is 0.378 e. The number of aliphatic imine (C=N–C) groups is 1. The molecule has 2 aromatic carbocycles. The van der Waals surface area contributed by atoms with Gasteiger partial charge in [-0.15, -0.1) is 24.0 Å². The van der Waals surface area contributed by atoms with E-state index in [9.17, 15) is 4.79 Å². The molecule has 1 N–H and O–H groups in total. The van der Waals surface area contributed by atoms with Gasteiger partial charge in [-0.2, -0.15) is 0 Å². The molecule has 2 aliphatic rings. The maximum Gasteiger partial charge on any atom is 0.225 e. The van der Waals surface area contributed by atoms with Crippen LogP contribution in [0, 0.1) is 5.92 Å². The summed E-state index contributed by atoms with van der Waals surface area (Å²) in [6, 6.07) is 14.9. The van der Waals surface area contributed by atoms with E-state index in [0.29, 0.717) is 25.7 Å². The van der Waals surface area contributed by atoms with Crippen molar-refractivity contribution in [1.82, 2.24) is 15.1 Å². The minimum atomic E-state index is 0. The number of halogens is 1. The van der Waals surface area contributed by atoms with Crippen LogP contribution in [0.1, 0.15) is 25.3 Å². The summed E-state index contributed by atoms with van der Waals surface area (Å²) in [5.74, 6) is 1.37. The lowest BCUT2D eigenvalue weighted by Crippen LogP contribution is -2.50. The normalized spacial score (nSPS) is 18.0. The number of carbonyl (C=O) groups excluding carboxylic acids is 1. The lowest BCUT2D eigenvalue weighted by molar-refractivity contribution is -0.140. The zero-order valence-corrected chi connectivity index (χ0v) is 20.6.